The van der Waals surface area contributed by atoms with Gasteiger partial charge in [0.15, 0.2) is 5.96 Å². The SMILES string of the molecule is CCNC(=NCC1CN(C)CCN1C)NC1CCCN(c2ccccc2)C1. The summed E-state index contributed by atoms with van der Waals surface area (Å²) < 4.78 is 0. The highest BCUT2D eigenvalue weighted by Crippen LogP contribution is 2.19. The normalized spacial score (nSPS) is 25.4. The van der Waals surface area contributed by atoms with Crippen molar-refractivity contribution in [1.82, 2.24) is 20.4 Å². The van der Waals surface area contributed by atoms with Crippen LogP contribution in [0.5, 0.6) is 0 Å². The number of aliphatic imine (C=N–C) groups is 1. The van der Waals surface area contributed by atoms with Crippen LogP contribution in [-0.4, -0.2) is 87.8 Å². The highest BCUT2D eigenvalue weighted by Gasteiger charge is 2.23. The van der Waals surface area contributed by atoms with Gasteiger partial charge in [0.25, 0.3) is 0 Å². The molecule has 2 N–H and O–H groups in total. The van der Waals surface area contributed by atoms with E-state index < -0.39 is 0 Å². The first-order chi connectivity index (χ1) is 13.2. The molecule has 0 bridgehead atoms. The van der Waals surface area contributed by atoms with E-state index in [1.54, 1.807) is 0 Å². The fourth-order valence-corrected chi connectivity index (χ4v) is 3.98. The number of piperazine rings is 1. The first-order valence-corrected chi connectivity index (χ1v) is 10.4. The predicted molar refractivity (Wildman–Crippen MR) is 115 cm³/mol. The molecule has 6 heteroatoms. The highest BCUT2D eigenvalue weighted by molar-refractivity contribution is 5.80. The minimum absolute atomic E-state index is 0.434. The first-order valence-electron chi connectivity index (χ1n) is 10.4. The molecule has 1 aromatic carbocycles. The van der Waals surface area contributed by atoms with Crippen LogP contribution in [0.1, 0.15) is 19.8 Å². The molecule has 6 nitrogen and oxygen atoms in total. The third-order valence-corrected chi connectivity index (χ3v) is 5.67. The summed E-state index contributed by atoms with van der Waals surface area (Å²) in [7, 11) is 4.42. The maximum Gasteiger partial charge on any atom is 0.191 e. The Morgan fingerprint density at radius 3 is 2.70 bits per heavy atom. The Kier molecular flexibility index (Phi) is 7.35. The smallest absolute Gasteiger partial charge is 0.191 e. The molecule has 27 heavy (non-hydrogen) atoms. The maximum atomic E-state index is 4.92. The monoisotopic (exact) mass is 372 g/mol. The van der Waals surface area contributed by atoms with E-state index >= 15 is 0 Å². The van der Waals surface area contributed by atoms with Gasteiger partial charge in [-0.25, -0.2) is 0 Å². The molecule has 2 fully saturated rings. The fraction of sp³-hybridized carbons (Fsp3) is 0.667. The zero-order valence-electron chi connectivity index (χ0n) is 17.2. The zero-order valence-corrected chi connectivity index (χ0v) is 17.2. The second kappa shape index (κ2) is 9.95. The molecule has 2 heterocycles. The number of nitrogens with zero attached hydrogens (tertiary/aromatic N) is 4. The number of hydrogen-bond donors (Lipinski definition) is 2. The van der Waals surface area contributed by atoms with E-state index in [0.29, 0.717) is 12.1 Å². The Morgan fingerprint density at radius 1 is 1.11 bits per heavy atom. The van der Waals surface area contributed by atoms with Crippen molar-refractivity contribution >= 4 is 11.6 Å². The first kappa shape index (κ1) is 20.0. The van der Waals surface area contributed by atoms with Gasteiger partial charge in [0, 0.05) is 57.0 Å². The van der Waals surface area contributed by atoms with Gasteiger partial charge in [0.1, 0.15) is 0 Å². The van der Waals surface area contributed by atoms with Gasteiger partial charge >= 0.3 is 0 Å². The number of likely N-dealkylation sites (N-methyl/N-ethyl adjacent to an activating group) is 2. The molecule has 2 aliphatic heterocycles. The van der Waals surface area contributed by atoms with Gasteiger partial charge < -0.3 is 20.4 Å². The van der Waals surface area contributed by atoms with Crippen molar-refractivity contribution in [2.45, 2.75) is 31.8 Å². The second-order valence-electron chi connectivity index (χ2n) is 7.88. The molecule has 1 aromatic rings. The van der Waals surface area contributed by atoms with Gasteiger partial charge in [-0.1, -0.05) is 18.2 Å². The second-order valence-corrected chi connectivity index (χ2v) is 7.88. The highest BCUT2D eigenvalue weighted by atomic mass is 15.3. The van der Waals surface area contributed by atoms with Crippen molar-refractivity contribution < 1.29 is 0 Å². The van der Waals surface area contributed by atoms with E-state index in [-0.39, 0.29) is 0 Å². The summed E-state index contributed by atoms with van der Waals surface area (Å²) in [6.07, 6.45) is 2.40. The summed E-state index contributed by atoms with van der Waals surface area (Å²) >= 11 is 0. The Morgan fingerprint density at radius 2 is 1.93 bits per heavy atom. The molecule has 0 saturated carbocycles. The molecule has 0 amide bonds. The molecule has 0 radical (unpaired) electrons. The molecule has 150 valence electrons. The number of guanidine groups is 1. The minimum Gasteiger partial charge on any atom is -0.369 e. The van der Waals surface area contributed by atoms with Gasteiger partial charge in [-0.15, -0.1) is 0 Å². The average Bonchev–Trinajstić information content (AvgIpc) is 2.69. The molecule has 2 unspecified atom stereocenters. The molecular formula is C21H36N6. The summed E-state index contributed by atoms with van der Waals surface area (Å²) in [6, 6.07) is 11.7. The Balaban J connectivity index is 1.58. The van der Waals surface area contributed by atoms with Crippen molar-refractivity contribution in [2.75, 3.05) is 64.8 Å². The molecular weight excluding hydrogens is 336 g/mol. The molecule has 2 saturated heterocycles. The van der Waals surface area contributed by atoms with Gasteiger partial charge in [-0.05, 0) is 46.0 Å². The van der Waals surface area contributed by atoms with Gasteiger partial charge in [0.2, 0.25) is 0 Å². The van der Waals surface area contributed by atoms with Crippen LogP contribution in [-0.2, 0) is 0 Å². The third-order valence-electron chi connectivity index (χ3n) is 5.67. The van der Waals surface area contributed by atoms with E-state index in [1.165, 1.54) is 18.5 Å². The van der Waals surface area contributed by atoms with E-state index in [1.807, 2.05) is 0 Å². The molecule has 0 spiro atoms. The van der Waals surface area contributed by atoms with Crippen molar-refractivity contribution in [3.63, 3.8) is 0 Å². The summed E-state index contributed by atoms with van der Waals surface area (Å²) in [5, 5.41) is 7.13. The standard InChI is InChI=1S/C21H36N6/c1-4-22-21(23-15-20-17-25(2)13-14-26(20)3)24-18-9-8-12-27(16-18)19-10-6-5-7-11-19/h5-7,10-11,18,20H,4,8-9,12-17H2,1-3H3,(H2,22,23,24). The maximum absolute atomic E-state index is 4.92. The fourth-order valence-electron chi connectivity index (χ4n) is 3.98. The summed E-state index contributed by atoms with van der Waals surface area (Å²) in [6.45, 7) is 9.38. The van der Waals surface area contributed by atoms with Gasteiger partial charge in [-0.2, -0.15) is 0 Å². The number of piperidine rings is 1. The van der Waals surface area contributed by atoms with Crippen LogP contribution in [0, 0.1) is 0 Å². The summed E-state index contributed by atoms with van der Waals surface area (Å²) in [5.41, 5.74) is 1.32. The number of para-hydroxylation sites is 1. The summed E-state index contributed by atoms with van der Waals surface area (Å²) in [5.74, 6) is 0.957. The Hall–Kier alpha value is -1.79. The predicted octanol–water partition coefficient (Wildman–Crippen LogP) is 1.46. The minimum atomic E-state index is 0.434. The quantitative estimate of drug-likeness (QED) is 0.605. The number of nitrogens with one attached hydrogen (secondary N) is 2. The molecule has 2 atom stereocenters. The Labute approximate surface area is 164 Å². The lowest BCUT2D eigenvalue weighted by Crippen LogP contribution is -2.53. The van der Waals surface area contributed by atoms with Crippen molar-refractivity contribution in [1.29, 1.82) is 0 Å². The van der Waals surface area contributed by atoms with Crippen LogP contribution < -0.4 is 15.5 Å². The lowest BCUT2D eigenvalue weighted by molar-refractivity contribution is 0.119. The van der Waals surface area contributed by atoms with Crippen LogP contribution in [0.3, 0.4) is 0 Å². The van der Waals surface area contributed by atoms with Gasteiger partial charge in [-0.3, -0.25) is 9.89 Å². The molecule has 2 aliphatic rings. The van der Waals surface area contributed by atoms with Crippen LogP contribution >= 0.6 is 0 Å². The largest absolute Gasteiger partial charge is 0.369 e. The Bertz CT molecular complexity index is 590. The zero-order chi connectivity index (χ0) is 19.1. The molecule has 0 aromatic heterocycles. The number of hydrogen-bond acceptors (Lipinski definition) is 4. The molecule has 0 aliphatic carbocycles. The van der Waals surface area contributed by atoms with Crippen molar-refractivity contribution in [3.05, 3.63) is 30.3 Å². The molecule has 3 rings (SSSR count). The van der Waals surface area contributed by atoms with Crippen molar-refractivity contribution in [3.8, 4) is 0 Å². The van der Waals surface area contributed by atoms with Crippen LogP contribution in [0.15, 0.2) is 35.3 Å². The van der Waals surface area contributed by atoms with E-state index in [9.17, 15) is 0 Å². The topological polar surface area (TPSA) is 46.1 Å². The lowest BCUT2D eigenvalue weighted by atomic mass is 10.1. The number of anilines is 1. The van der Waals surface area contributed by atoms with E-state index in [2.05, 4.69) is 76.7 Å². The average molecular weight is 373 g/mol. The van der Waals surface area contributed by atoms with Crippen LogP contribution in [0.25, 0.3) is 0 Å². The third kappa shape index (κ3) is 5.84. The lowest BCUT2D eigenvalue weighted by Gasteiger charge is -2.37. The van der Waals surface area contributed by atoms with Crippen LogP contribution in [0.4, 0.5) is 5.69 Å². The van der Waals surface area contributed by atoms with E-state index in [4.69, 9.17) is 4.99 Å². The van der Waals surface area contributed by atoms with Crippen LogP contribution in [0.2, 0.25) is 0 Å². The summed E-state index contributed by atoms with van der Waals surface area (Å²) in [4.78, 5) is 12.2. The number of rotatable bonds is 5. The van der Waals surface area contributed by atoms with Crippen molar-refractivity contribution in [2.24, 2.45) is 4.99 Å². The van der Waals surface area contributed by atoms with Gasteiger partial charge in [0.05, 0.1) is 6.54 Å². The number of benzene rings is 1. The van der Waals surface area contributed by atoms with E-state index in [0.717, 1.165) is 51.8 Å².